The first kappa shape index (κ1) is 13.0. The van der Waals surface area contributed by atoms with Gasteiger partial charge in [-0.15, -0.1) is 0 Å². The standard InChI is InChI=1S/C12H11N5O4/c1-15-10-7(3-2-4-8(10)17(20)21)11(14-15)16-6-5-9(18)13-12(16)19/h2-4H,5-6H2,1H3,(H,13,18,19). The van der Waals surface area contributed by atoms with E-state index in [2.05, 4.69) is 10.4 Å². The van der Waals surface area contributed by atoms with Crippen LogP contribution in [-0.2, 0) is 11.8 Å². The molecule has 2 aromatic rings. The Hall–Kier alpha value is -2.97. The van der Waals surface area contributed by atoms with E-state index in [1.807, 2.05) is 0 Å². The van der Waals surface area contributed by atoms with Crippen molar-refractivity contribution in [3.63, 3.8) is 0 Å². The first-order valence-electron chi connectivity index (χ1n) is 6.20. The van der Waals surface area contributed by atoms with Crippen molar-refractivity contribution in [2.45, 2.75) is 6.42 Å². The predicted octanol–water partition coefficient (Wildman–Crippen LogP) is 0.928. The molecule has 1 saturated heterocycles. The van der Waals surface area contributed by atoms with E-state index in [1.165, 1.54) is 15.6 Å². The van der Waals surface area contributed by atoms with E-state index in [1.54, 1.807) is 19.2 Å². The molecular formula is C12H11N5O4. The van der Waals surface area contributed by atoms with E-state index in [9.17, 15) is 19.7 Å². The first-order valence-corrected chi connectivity index (χ1v) is 6.20. The number of benzene rings is 1. The minimum atomic E-state index is -0.572. The zero-order valence-electron chi connectivity index (χ0n) is 11.1. The maximum atomic E-state index is 11.9. The van der Waals surface area contributed by atoms with Crippen LogP contribution in [-0.4, -0.2) is 33.2 Å². The number of fused-ring (bicyclic) bond motifs is 1. The fourth-order valence-electron chi connectivity index (χ4n) is 2.41. The molecule has 0 bridgehead atoms. The number of para-hydroxylation sites is 1. The number of aromatic nitrogens is 2. The number of amides is 3. The van der Waals surface area contributed by atoms with Gasteiger partial charge in [-0.1, -0.05) is 6.07 Å². The molecule has 21 heavy (non-hydrogen) atoms. The summed E-state index contributed by atoms with van der Waals surface area (Å²) in [5.74, 6) is -0.0383. The van der Waals surface area contributed by atoms with E-state index < -0.39 is 11.0 Å². The Bertz CT molecular complexity index is 781. The van der Waals surface area contributed by atoms with Gasteiger partial charge in [0.05, 0.1) is 10.3 Å². The van der Waals surface area contributed by atoms with Crippen LogP contribution in [0.4, 0.5) is 16.3 Å². The molecule has 1 fully saturated rings. The Morgan fingerprint density at radius 3 is 2.81 bits per heavy atom. The van der Waals surface area contributed by atoms with Gasteiger partial charge in [0.25, 0.3) is 5.69 Å². The van der Waals surface area contributed by atoms with E-state index in [0.29, 0.717) is 16.7 Å². The van der Waals surface area contributed by atoms with Gasteiger partial charge in [-0.3, -0.25) is 29.8 Å². The quantitative estimate of drug-likeness (QED) is 0.653. The van der Waals surface area contributed by atoms with Crippen LogP contribution >= 0.6 is 0 Å². The summed E-state index contributed by atoms with van der Waals surface area (Å²) in [5, 5.41) is 18.0. The Kier molecular flexibility index (Phi) is 2.82. The van der Waals surface area contributed by atoms with Crippen molar-refractivity contribution >= 4 is 34.3 Å². The SMILES string of the molecule is Cn1nc(N2CCC(=O)NC2=O)c2cccc([N+](=O)[O-])c21. The van der Waals surface area contributed by atoms with Crippen molar-refractivity contribution in [2.75, 3.05) is 11.4 Å². The Balaban J connectivity index is 2.17. The van der Waals surface area contributed by atoms with Gasteiger partial charge in [0, 0.05) is 26.1 Å². The molecular weight excluding hydrogens is 278 g/mol. The number of aryl methyl sites for hydroxylation is 1. The maximum Gasteiger partial charge on any atom is 0.329 e. The molecule has 108 valence electrons. The minimum absolute atomic E-state index is 0.0813. The molecule has 9 heteroatoms. The first-order chi connectivity index (χ1) is 9.99. The number of non-ortho nitro benzene ring substituents is 1. The molecule has 3 rings (SSSR count). The number of nitrogens with one attached hydrogen (secondary N) is 1. The van der Waals surface area contributed by atoms with Gasteiger partial charge >= 0.3 is 6.03 Å². The number of nitro groups is 1. The van der Waals surface area contributed by atoms with Gasteiger partial charge in [-0.05, 0) is 6.07 Å². The number of carbonyl (C=O) groups excluding carboxylic acids is 2. The Morgan fingerprint density at radius 1 is 1.38 bits per heavy atom. The summed E-state index contributed by atoms with van der Waals surface area (Å²) >= 11 is 0. The van der Waals surface area contributed by atoms with Crippen LogP contribution in [0, 0.1) is 10.1 Å². The average molecular weight is 289 g/mol. The van der Waals surface area contributed by atoms with Gasteiger partial charge < -0.3 is 0 Å². The number of nitrogens with zero attached hydrogens (tertiary/aromatic N) is 4. The van der Waals surface area contributed by atoms with Crippen molar-refractivity contribution in [3.8, 4) is 0 Å². The molecule has 0 atom stereocenters. The third-order valence-corrected chi connectivity index (χ3v) is 3.33. The fraction of sp³-hybridized carbons (Fsp3) is 0.250. The number of imide groups is 1. The number of carbonyl (C=O) groups is 2. The van der Waals surface area contributed by atoms with Crippen LogP contribution in [0.2, 0.25) is 0 Å². The summed E-state index contributed by atoms with van der Waals surface area (Å²) in [5.41, 5.74) is 0.254. The largest absolute Gasteiger partial charge is 0.329 e. The second-order valence-corrected chi connectivity index (χ2v) is 4.63. The highest BCUT2D eigenvalue weighted by Crippen LogP contribution is 2.32. The third-order valence-electron chi connectivity index (χ3n) is 3.33. The Labute approximate surface area is 118 Å². The van der Waals surface area contributed by atoms with Gasteiger partial charge in [0.15, 0.2) is 5.82 Å². The Morgan fingerprint density at radius 2 is 2.14 bits per heavy atom. The summed E-state index contributed by atoms with van der Waals surface area (Å²) in [6, 6.07) is 4.01. The van der Waals surface area contributed by atoms with E-state index in [-0.39, 0.29) is 24.6 Å². The van der Waals surface area contributed by atoms with Crippen LogP contribution in [0.5, 0.6) is 0 Å². The molecule has 1 aromatic heterocycles. The molecule has 1 aliphatic rings. The minimum Gasteiger partial charge on any atom is -0.278 e. The topological polar surface area (TPSA) is 110 Å². The lowest BCUT2D eigenvalue weighted by atomic mass is 10.2. The summed E-state index contributed by atoms with van der Waals surface area (Å²) in [7, 11) is 1.58. The van der Waals surface area contributed by atoms with Crippen LogP contribution in [0.25, 0.3) is 10.9 Å². The normalized spacial score (nSPS) is 15.4. The average Bonchev–Trinajstić information content (AvgIpc) is 2.76. The summed E-state index contributed by atoms with van der Waals surface area (Å²) < 4.78 is 1.37. The highest BCUT2D eigenvalue weighted by atomic mass is 16.6. The third kappa shape index (κ3) is 1.98. The van der Waals surface area contributed by atoms with Crippen LogP contribution in [0.1, 0.15) is 6.42 Å². The zero-order valence-corrected chi connectivity index (χ0v) is 11.1. The molecule has 1 aromatic carbocycles. The number of hydrogen-bond donors (Lipinski definition) is 1. The van der Waals surface area contributed by atoms with E-state index >= 15 is 0 Å². The highest BCUT2D eigenvalue weighted by Gasteiger charge is 2.29. The fourth-order valence-corrected chi connectivity index (χ4v) is 2.41. The second-order valence-electron chi connectivity index (χ2n) is 4.63. The molecule has 1 aliphatic heterocycles. The van der Waals surface area contributed by atoms with Gasteiger partial charge in [-0.2, -0.15) is 5.10 Å². The lowest BCUT2D eigenvalue weighted by Gasteiger charge is -2.24. The number of rotatable bonds is 2. The number of nitro benzene ring substituents is 1. The summed E-state index contributed by atoms with van der Waals surface area (Å²) in [6.45, 7) is 0.194. The van der Waals surface area contributed by atoms with Crippen LogP contribution < -0.4 is 10.2 Å². The van der Waals surface area contributed by atoms with E-state index in [4.69, 9.17) is 0 Å². The number of anilines is 1. The van der Waals surface area contributed by atoms with Crippen molar-refractivity contribution in [1.82, 2.24) is 15.1 Å². The molecule has 0 saturated carbocycles. The smallest absolute Gasteiger partial charge is 0.278 e. The van der Waals surface area contributed by atoms with Crippen LogP contribution in [0.15, 0.2) is 18.2 Å². The lowest BCUT2D eigenvalue weighted by molar-refractivity contribution is -0.383. The van der Waals surface area contributed by atoms with Crippen molar-refractivity contribution in [1.29, 1.82) is 0 Å². The number of urea groups is 1. The van der Waals surface area contributed by atoms with Gasteiger partial charge in [-0.25, -0.2) is 4.79 Å². The van der Waals surface area contributed by atoms with Gasteiger partial charge in [0.2, 0.25) is 5.91 Å². The lowest BCUT2D eigenvalue weighted by Crippen LogP contribution is -2.49. The monoisotopic (exact) mass is 289 g/mol. The summed E-state index contributed by atoms with van der Waals surface area (Å²) in [6.07, 6.45) is 0.165. The molecule has 0 unspecified atom stereocenters. The molecule has 2 heterocycles. The van der Waals surface area contributed by atoms with Crippen molar-refractivity contribution in [3.05, 3.63) is 28.3 Å². The highest BCUT2D eigenvalue weighted by molar-refractivity contribution is 6.09. The molecule has 9 nitrogen and oxygen atoms in total. The zero-order chi connectivity index (χ0) is 15.1. The number of hydrogen-bond acceptors (Lipinski definition) is 5. The molecule has 3 amide bonds. The van der Waals surface area contributed by atoms with E-state index in [0.717, 1.165) is 0 Å². The van der Waals surface area contributed by atoms with Crippen molar-refractivity contribution in [2.24, 2.45) is 7.05 Å². The van der Waals surface area contributed by atoms with Crippen LogP contribution in [0.3, 0.4) is 0 Å². The second kappa shape index (κ2) is 4.54. The molecule has 0 spiro atoms. The maximum absolute atomic E-state index is 11.9. The van der Waals surface area contributed by atoms with Crippen molar-refractivity contribution < 1.29 is 14.5 Å². The molecule has 0 aliphatic carbocycles. The van der Waals surface area contributed by atoms with Gasteiger partial charge in [0.1, 0.15) is 5.52 Å². The molecule has 0 radical (unpaired) electrons. The predicted molar refractivity (Wildman–Crippen MR) is 72.9 cm³/mol. The summed E-state index contributed by atoms with van der Waals surface area (Å²) in [4.78, 5) is 35.0. The molecule has 1 N–H and O–H groups in total.